The van der Waals surface area contributed by atoms with E-state index < -0.39 is 17.8 Å². The van der Waals surface area contributed by atoms with E-state index in [-0.39, 0.29) is 11.6 Å². The van der Waals surface area contributed by atoms with E-state index >= 15 is 0 Å². The number of nitrogens with zero attached hydrogens (tertiary/aromatic N) is 1. The second kappa shape index (κ2) is 9.68. The van der Waals surface area contributed by atoms with Crippen LogP contribution in [0.4, 0.5) is 4.79 Å². The van der Waals surface area contributed by atoms with Crippen LogP contribution in [-0.2, 0) is 16.2 Å². The van der Waals surface area contributed by atoms with Gasteiger partial charge in [0, 0.05) is 6.04 Å². The van der Waals surface area contributed by atoms with E-state index in [0.29, 0.717) is 23.7 Å². The van der Waals surface area contributed by atoms with Gasteiger partial charge in [-0.2, -0.15) is 0 Å². The lowest BCUT2D eigenvalue weighted by molar-refractivity contribution is -0.132. The van der Waals surface area contributed by atoms with Crippen LogP contribution in [0.1, 0.15) is 43.2 Å². The Morgan fingerprint density at radius 1 is 1.00 bits per heavy atom. The largest absolute Gasteiger partial charge is 0.493 e. The van der Waals surface area contributed by atoms with Crippen LogP contribution in [0.25, 0.3) is 6.08 Å². The van der Waals surface area contributed by atoms with Gasteiger partial charge in [0.05, 0.1) is 7.11 Å². The van der Waals surface area contributed by atoms with Crippen molar-refractivity contribution in [2.75, 3.05) is 7.11 Å². The van der Waals surface area contributed by atoms with Gasteiger partial charge in [0.15, 0.2) is 11.5 Å². The van der Waals surface area contributed by atoms with Gasteiger partial charge < -0.3 is 9.47 Å². The number of rotatable bonds is 6. The summed E-state index contributed by atoms with van der Waals surface area (Å²) in [6.07, 6.45) is 6.06. The van der Waals surface area contributed by atoms with Crippen LogP contribution in [0.15, 0.2) is 54.1 Å². The summed E-state index contributed by atoms with van der Waals surface area (Å²) in [4.78, 5) is 39.0. The van der Waals surface area contributed by atoms with Crippen LogP contribution in [0.2, 0.25) is 0 Å². The zero-order valence-corrected chi connectivity index (χ0v) is 18.0. The zero-order valence-electron chi connectivity index (χ0n) is 18.0. The van der Waals surface area contributed by atoms with Crippen molar-refractivity contribution in [2.24, 2.45) is 0 Å². The lowest BCUT2D eigenvalue weighted by Gasteiger charge is -2.35. The molecule has 1 N–H and O–H groups in total. The summed E-state index contributed by atoms with van der Waals surface area (Å²) in [5.41, 5.74) is 1.57. The molecule has 2 aromatic rings. The Kier molecular flexibility index (Phi) is 6.54. The van der Waals surface area contributed by atoms with Gasteiger partial charge in [0.25, 0.3) is 11.8 Å². The number of hydrogen-bond acceptors (Lipinski definition) is 5. The molecular weight excluding hydrogens is 408 g/mol. The van der Waals surface area contributed by atoms with Crippen LogP contribution < -0.4 is 14.8 Å². The number of methoxy groups -OCH3 is 1. The molecule has 4 rings (SSSR count). The average molecular weight is 434 g/mol. The molecule has 7 nitrogen and oxygen atoms in total. The second-order valence-electron chi connectivity index (χ2n) is 7.97. The van der Waals surface area contributed by atoms with Crippen LogP contribution in [0.5, 0.6) is 11.5 Å². The highest BCUT2D eigenvalue weighted by Crippen LogP contribution is 2.31. The molecular formula is C25H26N2O5. The molecule has 4 amide bonds. The van der Waals surface area contributed by atoms with Gasteiger partial charge in [-0.05, 0) is 42.2 Å². The second-order valence-corrected chi connectivity index (χ2v) is 7.97. The summed E-state index contributed by atoms with van der Waals surface area (Å²) in [6, 6.07) is 14.2. The molecule has 0 unspecified atom stereocenters. The third-order valence-corrected chi connectivity index (χ3v) is 5.81. The number of barbiturate groups is 1. The molecule has 2 aromatic carbocycles. The van der Waals surface area contributed by atoms with E-state index in [0.717, 1.165) is 37.7 Å². The standard InChI is InChI=1S/C25H26N2O5/c1-31-22-15-18(12-13-21(22)32-16-17-8-4-2-5-9-17)14-20-23(28)26-25(30)27(24(20)29)19-10-6-3-7-11-19/h2,4-5,8-9,12-15,19H,3,6-7,10-11,16H2,1H3,(H,26,28,30). The van der Waals surface area contributed by atoms with Crippen molar-refractivity contribution in [3.63, 3.8) is 0 Å². The summed E-state index contributed by atoms with van der Waals surface area (Å²) in [7, 11) is 1.53. The molecule has 1 heterocycles. The minimum Gasteiger partial charge on any atom is -0.493 e. The first kappa shape index (κ1) is 21.6. The van der Waals surface area contributed by atoms with Gasteiger partial charge in [-0.1, -0.05) is 55.7 Å². The van der Waals surface area contributed by atoms with Gasteiger partial charge in [-0.3, -0.25) is 19.8 Å². The van der Waals surface area contributed by atoms with Crippen molar-refractivity contribution in [1.82, 2.24) is 10.2 Å². The number of carbonyl (C=O) groups excluding carboxylic acids is 3. The van der Waals surface area contributed by atoms with Crippen molar-refractivity contribution in [3.05, 3.63) is 65.2 Å². The molecule has 1 aliphatic heterocycles. The van der Waals surface area contributed by atoms with Crippen LogP contribution in [0, 0.1) is 0 Å². The molecule has 166 valence electrons. The number of amides is 4. The van der Waals surface area contributed by atoms with Gasteiger partial charge in [-0.25, -0.2) is 4.79 Å². The van der Waals surface area contributed by atoms with E-state index in [4.69, 9.17) is 9.47 Å². The first-order valence-corrected chi connectivity index (χ1v) is 10.8. The zero-order chi connectivity index (χ0) is 22.5. The SMILES string of the molecule is COc1cc(C=C2C(=O)NC(=O)N(C3CCCCC3)C2=O)ccc1OCc1ccccc1. The number of urea groups is 1. The highest BCUT2D eigenvalue weighted by atomic mass is 16.5. The summed E-state index contributed by atoms with van der Waals surface area (Å²) in [6.45, 7) is 0.386. The number of nitrogens with one attached hydrogen (secondary N) is 1. The summed E-state index contributed by atoms with van der Waals surface area (Å²) < 4.78 is 11.3. The maximum absolute atomic E-state index is 13.1. The number of imide groups is 2. The van der Waals surface area contributed by atoms with Crippen molar-refractivity contribution < 1.29 is 23.9 Å². The van der Waals surface area contributed by atoms with E-state index in [9.17, 15) is 14.4 Å². The van der Waals surface area contributed by atoms with Gasteiger partial charge in [0.2, 0.25) is 0 Å². The van der Waals surface area contributed by atoms with E-state index in [1.165, 1.54) is 18.1 Å². The monoisotopic (exact) mass is 434 g/mol. The van der Waals surface area contributed by atoms with Crippen molar-refractivity contribution in [3.8, 4) is 11.5 Å². The molecule has 32 heavy (non-hydrogen) atoms. The number of hydrogen-bond donors (Lipinski definition) is 1. The number of ether oxygens (including phenoxy) is 2. The minimum absolute atomic E-state index is 0.0600. The molecule has 0 spiro atoms. The Hall–Kier alpha value is -3.61. The lowest BCUT2D eigenvalue weighted by Crippen LogP contribution is -2.58. The Morgan fingerprint density at radius 2 is 1.75 bits per heavy atom. The fourth-order valence-corrected chi connectivity index (χ4v) is 4.14. The highest BCUT2D eigenvalue weighted by Gasteiger charge is 2.40. The molecule has 0 aromatic heterocycles. The summed E-state index contributed by atoms with van der Waals surface area (Å²) in [5, 5.41) is 2.31. The van der Waals surface area contributed by atoms with Gasteiger partial charge >= 0.3 is 6.03 Å². The fourth-order valence-electron chi connectivity index (χ4n) is 4.14. The van der Waals surface area contributed by atoms with Crippen LogP contribution in [-0.4, -0.2) is 35.9 Å². The molecule has 1 saturated heterocycles. The van der Waals surface area contributed by atoms with Crippen molar-refractivity contribution >= 4 is 23.9 Å². The smallest absolute Gasteiger partial charge is 0.331 e. The first-order valence-electron chi connectivity index (χ1n) is 10.8. The van der Waals surface area contributed by atoms with Crippen LogP contribution in [0.3, 0.4) is 0 Å². The third kappa shape index (κ3) is 4.66. The van der Waals surface area contributed by atoms with E-state index in [1.54, 1.807) is 18.2 Å². The predicted molar refractivity (Wildman–Crippen MR) is 119 cm³/mol. The predicted octanol–water partition coefficient (Wildman–Crippen LogP) is 4.07. The van der Waals surface area contributed by atoms with Gasteiger partial charge in [0.1, 0.15) is 12.2 Å². The molecule has 0 atom stereocenters. The summed E-state index contributed by atoms with van der Waals surface area (Å²) >= 11 is 0. The van der Waals surface area contributed by atoms with E-state index in [1.807, 2.05) is 30.3 Å². The van der Waals surface area contributed by atoms with Crippen molar-refractivity contribution in [2.45, 2.75) is 44.8 Å². The average Bonchev–Trinajstić information content (AvgIpc) is 2.82. The highest BCUT2D eigenvalue weighted by molar-refractivity contribution is 6.31. The Labute approximate surface area is 187 Å². The van der Waals surface area contributed by atoms with Gasteiger partial charge in [-0.15, -0.1) is 0 Å². The molecule has 0 bridgehead atoms. The maximum atomic E-state index is 13.1. The normalized spacial score (nSPS) is 18.6. The summed E-state index contributed by atoms with van der Waals surface area (Å²) in [5.74, 6) is -0.194. The maximum Gasteiger partial charge on any atom is 0.331 e. The lowest BCUT2D eigenvalue weighted by atomic mass is 9.93. The van der Waals surface area contributed by atoms with Crippen molar-refractivity contribution in [1.29, 1.82) is 0 Å². The first-order chi connectivity index (χ1) is 15.6. The topological polar surface area (TPSA) is 84.9 Å². The van der Waals surface area contributed by atoms with Crippen LogP contribution >= 0.6 is 0 Å². The molecule has 2 aliphatic rings. The third-order valence-electron chi connectivity index (χ3n) is 5.81. The molecule has 1 aliphatic carbocycles. The molecule has 2 fully saturated rings. The number of benzene rings is 2. The Morgan fingerprint density at radius 3 is 2.47 bits per heavy atom. The molecule has 0 radical (unpaired) electrons. The van der Waals surface area contributed by atoms with E-state index in [2.05, 4.69) is 5.32 Å². The fraction of sp³-hybridized carbons (Fsp3) is 0.320. The number of carbonyl (C=O) groups is 3. The Bertz CT molecular complexity index is 1040. The quantitative estimate of drug-likeness (QED) is 0.547. The molecule has 1 saturated carbocycles. The minimum atomic E-state index is -0.685. The Balaban J connectivity index is 1.55. The molecule has 7 heteroatoms.